The van der Waals surface area contributed by atoms with Crippen molar-refractivity contribution in [1.29, 1.82) is 0 Å². The van der Waals surface area contributed by atoms with Gasteiger partial charge >= 0.3 is 0 Å². The predicted molar refractivity (Wildman–Crippen MR) is 91.3 cm³/mol. The summed E-state index contributed by atoms with van der Waals surface area (Å²) in [5.41, 5.74) is 0.967. The summed E-state index contributed by atoms with van der Waals surface area (Å²) in [6.45, 7) is 1.39. The van der Waals surface area contributed by atoms with Gasteiger partial charge in [-0.05, 0) is 37.1 Å². The fraction of sp³-hybridized carbons (Fsp3) is 0.375. The molecule has 2 aromatic rings. The molecule has 0 saturated carbocycles. The molecule has 1 aliphatic heterocycles. The van der Waals surface area contributed by atoms with Gasteiger partial charge in [0.1, 0.15) is 0 Å². The van der Waals surface area contributed by atoms with E-state index in [4.69, 9.17) is 16.3 Å². The van der Waals surface area contributed by atoms with E-state index in [1.807, 2.05) is 35.0 Å². The molecule has 1 aliphatic rings. The molecule has 23 heavy (non-hydrogen) atoms. The van der Waals surface area contributed by atoms with Gasteiger partial charge < -0.3 is 10.1 Å². The van der Waals surface area contributed by atoms with E-state index in [-0.39, 0.29) is 12.0 Å². The van der Waals surface area contributed by atoms with Gasteiger partial charge in [-0.1, -0.05) is 23.4 Å². The summed E-state index contributed by atoms with van der Waals surface area (Å²) in [7, 11) is 0. The lowest BCUT2D eigenvalue weighted by atomic mass is 10.2. The van der Waals surface area contributed by atoms with Gasteiger partial charge in [0.05, 0.1) is 11.9 Å². The summed E-state index contributed by atoms with van der Waals surface area (Å²) in [5, 5.41) is 4.38. The topological polar surface area (TPSA) is 56.2 Å². The van der Waals surface area contributed by atoms with Gasteiger partial charge in [-0.15, -0.1) is 0 Å². The van der Waals surface area contributed by atoms with E-state index >= 15 is 0 Å². The highest BCUT2D eigenvalue weighted by atomic mass is 35.5. The molecule has 1 amide bonds. The molecule has 1 aromatic heterocycles. The maximum atomic E-state index is 11.9. The van der Waals surface area contributed by atoms with Crippen LogP contribution in [0.15, 0.2) is 41.8 Å². The number of carbonyl (C=O) groups excluding carboxylic acids is 1. The van der Waals surface area contributed by atoms with Crippen molar-refractivity contribution in [3.63, 3.8) is 0 Å². The van der Waals surface area contributed by atoms with E-state index in [0.29, 0.717) is 17.3 Å². The molecule has 5 nitrogen and oxygen atoms in total. The fourth-order valence-corrected chi connectivity index (χ4v) is 3.34. The number of rotatable bonds is 6. The van der Waals surface area contributed by atoms with Crippen molar-refractivity contribution in [1.82, 2.24) is 14.9 Å². The predicted octanol–water partition coefficient (Wildman–Crippen LogP) is 2.91. The lowest BCUT2D eigenvalue weighted by molar-refractivity contribution is -0.119. The number of amides is 1. The van der Waals surface area contributed by atoms with Crippen molar-refractivity contribution >= 4 is 29.3 Å². The third kappa shape index (κ3) is 4.50. The van der Waals surface area contributed by atoms with Crippen LogP contribution < -0.4 is 5.32 Å². The summed E-state index contributed by atoms with van der Waals surface area (Å²) in [5.74, 6) is 0.327. The largest absolute Gasteiger partial charge is 0.376 e. The molecule has 1 aromatic carbocycles. The van der Waals surface area contributed by atoms with Crippen LogP contribution in [-0.4, -0.2) is 40.5 Å². The molecule has 2 heterocycles. The summed E-state index contributed by atoms with van der Waals surface area (Å²) >= 11 is 7.32. The van der Waals surface area contributed by atoms with Crippen LogP contribution in [0.3, 0.4) is 0 Å². The molecule has 122 valence electrons. The third-order valence-electron chi connectivity index (χ3n) is 3.59. The van der Waals surface area contributed by atoms with Crippen molar-refractivity contribution in [2.75, 3.05) is 18.9 Å². The van der Waals surface area contributed by atoms with E-state index in [1.54, 1.807) is 6.20 Å². The van der Waals surface area contributed by atoms with Gasteiger partial charge in [-0.25, -0.2) is 4.98 Å². The zero-order valence-electron chi connectivity index (χ0n) is 12.6. The van der Waals surface area contributed by atoms with Crippen LogP contribution in [0.1, 0.15) is 12.8 Å². The normalized spacial score (nSPS) is 17.3. The molecule has 3 rings (SSSR count). The van der Waals surface area contributed by atoms with Gasteiger partial charge in [0.2, 0.25) is 5.91 Å². The Morgan fingerprint density at radius 2 is 2.26 bits per heavy atom. The summed E-state index contributed by atoms with van der Waals surface area (Å²) in [6.07, 6.45) is 5.86. The maximum Gasteiger partial charge on any atom is 0.230 e. The van der Waals surface area contributed by atoms with Gasteiger partial charge in [0.15, 0.2) is 5.16 Å². The smallest absolute Gasteiger partial charge is 0.230 e. The average molecular weight is 352 g/mol. The highest BCUT2D eigenvalue weighted by Crippen LogP contribution is 2.21. The first kappa shape index (κ1) is 16.4. The first-order valence-electron chi connectivity index (χ1n) is 7.53. The van der Waals surface area contributed by atoms with Gasteiger partial charge in [-0.2, -0.15) is 0 Å². The lowest BCUT2D eigenvalue weighted by Gasteiger charge is -2.11. The number of aromatic nitrogens is 2. The number of thioether (sulfide) groups is 1. The molecule has 1 fully saturated rings. The second-order valence-corrected chi connectivity index (χ2v) is 6.66. The number of hydrogen-bond acceptors (Lipinski definition) is 4. The molecule has 1 N–H and O–H groups in total. The zero-order chi connectivity index (χ0) is 16.1. The molecule has 1 saturated heterocycles. The minimum atomic E-state index is -0.00356. The van der Waals surface area contributed by atoms with Crippen LogP contribution >= 0.6 is 23.4 Å². The van der Waals surface area contributed by atoms with Crippen LogP contribution in [0.25, 0.3) is 5.69 Å². The Hall–Kier alpha value is -1.50. The Morgan fingerprint density at radius 1 is 1.43 bits per heavy atom. The van der Waals surface area contributed by atoms with Crippen molar-refractivity contribution in [3.05, 3.63) is 41.7 Å². The van der Waals surface area contributed by atoms with Gasteiger partial charge in [0.25, 0.3) is 0 Å². The third-order valence-corrected chi connectivity index (χ3v) is 4.81. The number of nitrogens with zero attached hydrogens (tertiary/aromatic N) is 2. The molecule has 7 heteroatoms. The number of halogens is 1. The van der Waals surface area contributed by atoms with Crippen molar-refractivity contribution in [3.8, 4) is 5.69 Å². The summed E-state index contributed by atoms with van der Waals surface area (Å²) in [4.78, 5) is 16.3. The molecule has 0 aliphatic carbocycles. The Balaban J connectivity index is 1.53. The summed E-state index contributed by atoms with van der Waals surface area (Å²) in [6, 6.07) is 7.51. The average Bonchev–Trinajstić information content (AvgIpc) is 3.23. The lowest BCUT2D eigenvalue weighted by Crippen LogP contribution is -2.32. The minimum absolute atomic E-state index is 0.00356. The Bertz CT molecular complexity index is 654. The van der Waals surface area contributed by atoms with Crippen LogP contribution in [0.4, 0.5) is 0 Å². The number of hydrogen-bond donors (Lipinski definition) is 1. The number of carbonyl (C=O) groups is 1. The molecular formula is C16H18ClN3O2S. The first-order chi connectivity index (χ1) is 11.2. The quantitative estimate of drug-likeness (QED) is 0.813. The standard InChI is InChI=1S/C16H18ClN3O2S/c17-12-3-5-13(6-4-12)20-8-7-18-16(20)23-11-15(21)19-10-14-2-1-9-22-14/h3-8,14H,1-2,9-11H2,(H,19,21). The van der Waals surface area contributed by atoms with Gasteiger partial charge in [0, 0.05) is 36.3 Å². The SMILES string of the molecule is O=C(CSc1nccn1-c1ccc(Cl)cc1)NCC1CCCO1. The van der Waals surface area contributed by atoms with E-state index in [0.717, 1.165) is 30.3 Å². The second-order valence-electron chi connectivity index (χ2n) is 5.28. The maximum absolute atomic E-state index is 11.9. The Labute approximate surface area is 144 Å². The molecule has 1 unspecified atom stereocenters. The van der Waals surface area contributed by atoms with E-state index < -0.39 is 0 Å². The van der Waals surface area contributed by atoms with E-state index in [2.05, 4.69) is 10.3 Å². The first-order valence-corrected chi connectivity index (χ1v) is 8.89. The van der Waals surface area contributed by atoms with Crippen molar-refractivity contribution in [2.45, 2.75) is 24.1 Å². The Morgan fingerprint density at radius 3 is 3.00 bits per heavy atom. The molecule has 0 bridgehead atoms. The zero-order valence-corrected chi connectivity index (χ0v) is 14.1. The van der Waals surface area contributed by atoms with Gasteiger partial charge in [-0.3, -0.25) is 9.36 Å². The van der Waals surface area contributed by atoms with Crippen LogP contribution in [-0.2, 0) is 9.53 Å². The van der Waals surface area contributed by atoms with Crippen molar-refractivity contribution < 1.29 is 9.53 Å². The highest BCUT2D eigenvalue weighted by molar-refractivity contribution is 7.99. The number of nitrogens with one attached hydrogen (secondary N) is 1. The molecule has 1 atom stereocenters. The number of benzene rings is 1. The second kappa shape index (κ2) is 7.86. The Kier molecular flexibility index (Phi) is 5.59. The van der Waals surface area contributed by atoms with Crippen molar-refractivity contribution in [2.24, 2.45) is 0 Å². The summed E-state index contributed by atoms with van der Waals surface area (Å²) < 4.78 is 7.43. The molecule has 0 radical (unpaired) electrons. The minimum Gasteiger partial charge on any atom is -0.376 e. The number of ether oxygens (including phenoxy) is 1. The molecular weight excluding hydrogens is 334 g/mol. The number of imidazole rings is 1. The van der Waals surface area contributed by atoms with Crippen LogP contribution in [0.2, 0.25) is 5.02 Å². The fourth-order valence-electron chi connectivity index (χ4n) is 2.41. The monoisotopic (exact) mass is 351 g/mol. The highest BCUT2D eigenvalue weighted by Gasteiger charge is 2.16. The van der Waals surface area contributed by atoms with Crippen LogP contribution in [0, 0.1) is 0 Å². The van der Waals surface area contributed by atoms with E-state index in [1.165, 1.54) is 11.8 Å². The molecule has 0 spiro atoms. The van der Waals surface area contributed by atoms with Crippen LogP contribution in [0.5, 0.6) is 0 Å². The van der Waals surface area contributed by atoms with E-state index in [9.17, 15) is 4.79 Å².